The first-order valence-electron chi connectivity index (χ1n) is 10.6. The SMILES string of the molecule is CCOc1cc(OCC)c(OCC)c(CC(CC)CC(CN)C(=O)O)c1OCC. The first-order chi connectivity index (χ1) is 14.0. The maximum absolute atomic E-state index is 11.5. The van der Waals surface area contributed by atoms with Gasteiger partial charge < -0.3 is 29.8 Å². The first kappa shape index (κ1) is 24.9. The lowest BCUT2D eigenvalue weighted by Gasteiger charge is -2.25. The average Bonchev–Trinajstić information content (AvgIpc) is 2.69. The number of rotatable bonds is 15. The fourth-order valence-electron chi connectivity index (χ4n) is 3.35. The highest BCUT2D eigenvalue weighted by molar-refractivity contribution is 5.70. The van der Waals surface area contributed by atoms with Gasteiger partial charge in [0.15, 0.2) is 23.0 Å². The molecule has 7 heteroatoms. The lowest BCUT2D eigenvalue weighted by Crippen LogP contribution is -2.26. The number of carboxylic acids is 1. The molecule has 0 heterocycles. The van der Waals surface area contributed by atoms with E-state index in [-0.39, 0.29) is 12.5 Å². The van der Waals surface area contributed by atoms with Crippen molar-refractivity contribution in [2.24, 2.45) is 17.6 Å². The molecule has 2 atom stereocenters. The Morgan fingerprint density at radius 2 is 1.41 bits per heavy atom. The van der Waals surface area contributed by atoms with Crippen molar-refractivity contribution in [2.75, 3.05) is 33.0 Å². The largest absolute Gasteiger partial charge is 0.490 e. The second-order valence-corrected chi connectivity index (χ2v) is 6.73. The molecule has 1 aromatic rings. The van der Waals surface area contributed by atoms with Crippen molar-refractivity contribution in [3.63, 3.8) is 0 Å². The molecule has 7 nitrogen and oxygen atoms in total. The molecule has 1 aromatic carbocycles. The quantitative estimate of drug-likeness (QED) is 0.451. The number of carboxylic acid groups (broad SMARTS) is 1. The molecule has 0 aliphatic carbocycles. The smallest absolute Gasteiger partial charge is 0.307 e. The number of benzene rings is 1. The van der Waals surface area contributed by atoms with Crippen LogP contribution in [0.1, 0.15) is 53.0 Å². The molecule has 0 amide bonds. The monoisotopic (exact) mass is 411 g/mol. The molecular weight excluding hydrogens is 374 g/mol. The van der Waals surface area contributed by atoms with Crippen molar-refractivity contribution in [3.8, 4) is 23.0 Å². The molecular formula is C22H37NO6. The van der Waals surface area contributed by atoms with Gasteiger partial charge in [-0.1, -0.05) is 13.3 Å². The topological polar surface area (TPSA) is 100 Å². The standard InChI is InChI=1S/C22H37NO6/c1-6-15(11-16(14-23)22(24)25)12-17-20(28-9-4)18(26-7-2)13-19(27-8-3)21(17)29-10-5/h13,15-16H,6-12,14,23H2,1-5H3,(H,24,25). The average molecular weight is 412 g/mol. The lowest BCUT2D eigenvalue weighted by atomic mass is 9.86. The molecule has 3 N–H and O–H groups in total. The Morgan fingerprint density at radius 3 is 1.76 bits per heavy atom. The van der Waals surface area contributed by atoms with Crippen LogP contribution in [0.25, 0.3) is 0 Å². The van der Waals surface area contributed by atoms with Crippen molar-refractivity contribution in [1.82, 2.24) is 0 Å². The summed E-state index contributed by atoms with van der Waals surface area (Å²) in [5.74, 6) is 1.16. The van der Waals surface area contributed by atoms with Crippen LogP contribution in [0.15, 0.2) is 6.07 Å². The third kappa shape index (κ3) is 6.99. The number of hydrogen-bond donors (Lipinski definition) is 2. The molecule has 0 radical (unpaired) electrons. The van der Waals surface area contributed by atoms with Gasteiger partial charge in [0.25, 0.3) is 0 Å². The summed E-state index contributed by atoms with van der Waals surface area (Å²) in [6.45, 7) is 11.8. The van der Waals surface area contributed by atoms with E-state index in [0.717, 1.165) is 12.0 Å². The zero-order chi connectivity index (χ0) is 21.8. The number of ether oxygens (including phenoxy) is 4. The minimum atomic E-state index is -0.862. The van der Waals surface area contributed by atoms with Crippen LogP contribution in [-0.2, 0) is 11.2 Å². The van der Waals surface area contributed by atoms with Gasteiger partial charge in [-0.3, -0.25) is 4.79 Å². The van der Waals surface area contributed by atoms with Gasteiger partial charge in [0, 0.05) is 18.2 Å². The fourth-order valence-corrected chi connectivity index (χ4v) is 3.35. The Hall–Kier alpha value is -2.15. The predicted octanol–water partition coefficient (Wildman–Crippen LogP) is 3.90. The van der Waals surface area contributed by atoms with Gasteiger partial charge in [0.2, 0.25) is 0 Å². The van der Waals surface area contributed by atoms with Crippen LogP contribution in [-0.4, -0.2) is 44.0 Å². The minimum Gasteiger partial charge on any atom is -0.490 e. The maximum atomic E-state index is 11.5. The number of nitrogens with two attached hydrogens (primary N) is 1. The van der Waals surface area contributed by atoms with Gasteiger partial charge in [0.05, 0.1) is 32.3 Å². The van der Waals surface area contributed by atoms with E-state index in [1.54, 1.807) is 0 Å². The molecule has 0 bridgehead atoms. The Kier molecular flexibility index (Phi) is 11.3. The highest BCUT2D eigenvalue weighted by Crippen LogP contribution is 2.46. The Labute approximate surface area is 174 Å². The van der Waals surface area contributed by atoms with Gasteiger partial charge in [0.1, 0.15) is 0 Å². The molecule has 166 valence electrons. The van der Waals surface area contributed by atoms with Gasteiger partial charge >= 0.3 is 5.97 Å². The minimum absolute atomic E-state index is 0.101. The Morgan fingerprint density at radius 1 is 0.931 bits per heavy atom. The Balaban J connectivity index is 3.48. The second-order valence-electron chi connectivity index (χ2n) is 6.73. The molecule has 1 rings (SSSR count). The molecule has 2 unspecified atom stereocenters. The van der Waals surface area contributed by atoms with Gasteiger partial charge in [-0.05, 0) is 46.5 Å². The van der Waals surface area contributed by atoms with Crippen molar-refractivity contribution in [2.45, 2.75) is 53.9 Å². The van der Waals surface area contributed by atoms with E-state index < -0.39 is 11.9 Å². The van der Waals surface area contributed by atoms with Crippen LogP contribution in [0, 0.1) is 11.8 Å². The summed E-state index contributed by atoms with van der Waals surface area (Å²) in [5.41, 5.74) is 6.54. The lowest BCUT2D eigenvalue weighted by molar-refractivity contribution is -0.142. The van der Waals surface area contributed by atoms with Crippen LogP contribution in [0.2, 0.25) is 0 Å². The van der Waals surface area contributed by atoms with E-state index in [9.17, 15) is 9.90 Å². The summed E-state index contributed by atoms with van der Waals surface area (Å²) in [6.07, 6.45) is 1.89. The summed E-state index contributed by atoms with van der Waals surface area (Å²) in [7, 11) is 0. The van der Waals surface area contributed by atoms with E-state index in [2.05, 4.69) is 6.92 Å². The summed E-state index contributed by atoms with van der Waals surface area (Å²) >= 11 is 0. The molecule has 0 saturated heterocycles. The molecule has 0 spiro atoms. The number of hydrogen-bond acceptors (Lipinski definition) is 6. The fraction of sp³-hybridized carbons (Fsp3) is 0.682. The van der Waals surface area contributed by atoms with Gasteiger partial charge in [-0.25, -0.2) is 0 Å². The van der Waals surface area contributed by atoms with Gasteiger partial charge in [-0.15, -0.1) is 0 Å². The normalized spacial score (nSPS) is 12.9. The van der Waals surface area contributed by atoms with E-state index >= 15 is 0 Å². The summed E-state index contributed by atoms with van der Waals surface area (Å²) in [6, 6.07) is 1.81. The van der Waals surface area contributed by atoms with Crippen LogP contribution < -0.4 is 24.7 Å². The molecule has 0 aromatic heterocycles. The number of carbonyl (C=O) groups is 1. The second kappa shape index (κ2) is 13.1. The van der Waals surface area contributed by atoms with Crippen LogP contribution >= 0.6 is 0 Å². The molecule has 0 aliphatic rings. The zero-order valence-electron chi connectivity index (χ0n) is 18.5. The van der Waals surface area contributed by atoms with E-state index in [1.165, 1.54) is 0 Å². The van der Waals surface area contributed by atoms with Crippen LogP contribution in [0.4, 0.5) is 0 Å². The van der Waals surface area contributed by atoms with E-state index in [1.807, 2.05) is 33.8 Å². The predicted molar refractivity (Wildman–Crippen MR) is 113 cm³/mol. The van der Waals surface area contributed by atoms with Gasteiger partial charge in [-0.2, -0.15) is 0 Å². The summed E-state index contributed by atoms with van der Waals surface area (Å²) in [4.78, 5) is 11.5. The van der Waals surface area contributed by atoms with Crippen molar-refractivity contribution < 1.29 is 28.8 Å². The molecule has 29 heavy (non-hydrogen) atoms. The number of aliphatic carboxylic acids is 1. The molecule has 0 fully saturated rings. The zero-order valence-corrected chi connectivity index (χ0v) is 18.5. The highest BCUT2D eigenvalue weighted by atomic mass is 16.5. The highest BCUT2D eigenvalue weighted by Gasteiger charge is 2.27. The summed E-state index contributed by atoms with van der Waals surface area (Å²) in [5, 5.41) is 9.42. The van der Waals surface area contributed by atoms with E-state index in [4.69, 9.17) is 24.7 Å². The van der Waals surface area contributed by atoms with Crippen molar-refractivity contribution >= 4 is 5.97 Å². The molecule has 0 aliphatic heterocycles. The first-order valence-corrected chi connectivity index (χ1v) is 10.6. The maximum Gasteiger partial charge on any atom is 0.307 e. The van der Waals surface area contributed by atoms with Crippen LogP contribution in [0.5, 0.6) is 23.0 Å². The summed E-state index contributed by atoms with van der Waals surface area (Å²) < 4.78 is 23.6. The third-order valence-corrected chi connectivity index (χ3v) is 4.76. The van der Waals surface area contributed by atoms with Crippen LogP contribution in [0.3, 0.4) is 0 Å². The van der Waals surface area contributed by atoms with Crippen molar-refractivity contribution in [1.29, 1.82) is 0 Å². The molecule has 0 saturated carbocycles. The van der Waals surface area contributed by atoms with Crippen molar-refractivity contribution in [3.05, 3.63) is 11.6 Å². The Bertz CT molecular complexity index is 600. The third-order valence-electron chi connectivity index (χ3n) is 4.76. The van der Waals surface area contributed by atoms with E-state index in [0.29, 0.717) is 62.3 Å².